The molecule has 0 aliphatic rings. The summed E-state index contributed by atoms with van der Waals surface area (Å²) >= 11 is 0. The number of carboxylic acids is 1. The predicted octanol–water partition coefficient (Wildman–Crippen LogP) is -7.08. The molecule has 0 saturated heterocycles. The van der Waals surface area contributed by atoms with Crippen LogP contribution in [0.1, 0.15) is 119 Å². The van der Waals surface area contributed by atoms with Crippen LogP contribution in [0, 0.1) is 5.92 Å². The van der Waals surface area contributed by atoms with Crippen molar-refractivity contribution in [3.8, 4) is 0 Å². The second-order valence-electron chi connectivity index (χ2n) is 19.4. The molecule has 0 bridgehead atoms. The van der Waals surface area contributed by atoms with E-state index < -0.39 is 144 Å². The lowest BCUT2D eigenvalue weighted by Gasteiger charge is -2.26. The van der Waals surface area contributed by atoms with Gasteiger partial charge in [-0.2, -0.15) is 0 Å². The summed E-state index contributed by atoms with van der Waals surface area (Å²) in [6, 6.07) is -12.2. The van der Waals surface area contributed by atoms with E-state index in [9.17, 15) is 57.5 Å². The number of carbonyl (C=O) groups is 12. The molecule has 448 valence electrons. The van der Waals surface area contributed by atoms with Crippen LogP contribution in [0.15, 0.2) is 9.98 Å². The zero-order chi connectivity index (χ0) is 60.5. The van der Waals surface area contributed by atoms with E-state index in [1.54, 1.807) is 20.8 Å². The molecule has 0 rings (SSSR count). The molecule has 0 aliphatic heterocycles. The molecule has 32 heteroatoms. The van der Waals surface area contributed by atoms with Gasteiger partial charge in [0.05, 0.1) is 19.0 Å². The van der Waals surface area contributed by atoms with Gasteiger partial charge in [-0.1, -0.05) is 13.8 Å². The number of aliphatic imine (C=N–C) groups is 2. The molecular weight excluding hydrogens is 1040 g/mol. The Balaban J connectivity index is 5.86. The van der Waals surface area contributed by atoms with Crippen molar-refractivity contribution in [3.63, 3.8) is 0 Å². The van der Waals surface area contributed by atoms with Crippen LogP contribution in [0.5, 0.6) is 0 Å². The van der Waals surface area contributed by atoms with Crippen LogP contribution >= 0.6 is 0 Å². The highest BCUT2D eigenvalue weighted by atomic mass is 16.4. The molecule has 0 saturated carbocycles. The first-order valence-corrected chi connectivity index (χ1v) is 25.9. The average Bonchev–Trinajstić information content (AvgIpc) is 3.35. The number of primary amides is 1. The summed E-state index contributed by atoms with van der Waals surface area (Å²) in [5, 5.41) is 33.6. The maximum atomic E-state index is 13.8. The summed E-state index contributed by atoms with van der Waals surface area (Å²) in [5.74, 6) is -10.7. The zero-order valence-electron chi connectivity index (χ0n) is 46.2. The van der Waals surface area contributed by atoms with Crippen molar-refractivity contribution in [3.05, 3.63) is 0 Å². The summed E-state index contributed by atoms with van der Waals surface area (Å²) in [5.41, 5.74) is 38.5. The van der Waals surface area contributed by atoms with E-state index in [2.05, 4.69) is 63.2 Å². The molecule has 0 radical (unpaired) electrons. The van der Waals surface area contributed by atoms with E-state index in [1.807, 2.05) is 0 Å². The van der Waals surface area contributed by atoms with Gasteiger partial charge in [0.2, 0.25) is 65.0 Å². The van der Waals surface area contributed by atoms with E-state index in [0.717, 1.165) is 0 Å². The molecule has 10 atom stereocenters. The van der Waals surface area contributed by atoms with Gasteiger partial charge in [0.25, 0.3) is 0 Å². The van der Waals surface area contributed by atoms with Crippen molar-refractivity contribution in [2.45, 2.75) is 180 Å². The van der Waals surface area contributed by atoms with Gasteiger partial charge in [0, 0.05) is 25.6 Å². The minimum atomic E-state index is -1.67. The predicted molar refractivity (Wildman–Crippen MR) is 290 cm³/mol. The number of rotatable bonds is 39. The Bertz CT molecular complexity index is 2140. The molecule has 0 spiro atoms. The first-order valence-electron chi connectivity index (χ1n) is 25.9. The van der Waals surface area contributed by atoms with Crippen LogP contribution in [0.3, 0.4) is 0 Å². The van der Waals surface area contributed by atoms with Crippen molar-refractivity contribution < 1.29 is 62.6 Å². The van der Waals surface area contributed by atoms with Crippen molar-refractivity contribution in [1.82, 2.24) is 53.2 Å². The number of guanidine groups is 2. The molecule has 11 amide bonds. The van der Waals surface area contributed by atoms with Gasteiger partial charge >= 0.3 is 5.97 Å². The van der Waals surface area contributed by atoms with Gasteiger partial charge in [-0.15, -0.1) is 0 Å². The fourth-order valence-electron chi connectivity index (χ4n) is 7.04. The first kappa shape index (κ1) is 71.1. The Labute approximate surface area is 459 Å². The maximum Gasteiger partial charge on any atom is 0.303 e. The van der Waals surface area contributed by atoms with Gasteiger partial charge in [0.15, 0.2) is 11.9 Å². The average molecular weight is 1130 g/mol. The highest BCUT2D eigenvalue weighted by Gasteiger charge is 2.33. The molecule has 0 aromatic heterocycles. The maximum absolute atomic E-state index is 13.8. The van der Waals surface area contributed by atoms with E-state index >= 15 is 0 Å². The third-order valence-corrected chi connectivity index (χ3v) is 11.5. The number of unbranched alkanes of at least 4 members (excludes halogenated alkanes) is 1. The molecule has 0 aliphatic carbocycles. The first-order chi connectivity index (χ1) is 36.9. The van der Waals surface area contributed by atoms with Crippen LogP contribution in [0.25, 0.3) is 0 Å². The molecule has 0 unspecified atom stereocenters. The summed E-state index contributed by atoms with van der Waals surface area (Å²) in [7, 11) is 0. The molecule has 0 aromatic rings. The number of carbonyl (C=O) groups excluding carboxylic acids is 11. The Morgan fingerprint density at radius 2 is 0.861 bits per heavy atom. The lowest BCUT2D eigenvalue weighted by atomic mass is 10.0. The second kappa shape index (κ2) is 37.8. The summed E-state index contributed by atoms with van der Waals surface area (Å²) in [6.45, 7) is 10.4. The molecular formula is C47H87N19O13. The van der Waals surface area contributed by atoms with E-state index in [0.29, 0.717) is 19.3 Å². The Kier molecular flexibility index (Phi) is 34.0. The molecule has 25 N–H and O–H groups in total. The van der Waals surface area contributed by atoms with Crippen molar-refractivity contribution in [2.75, 3.05) is 26.2 Å². The van der Waals surface area contributed by atoms with Gasteiger partial charge in [0.1, 0.15) is 48.3 Å². The fraction of sp³-hybridized carbons (Fsp3) is 0.702. The van der Waals surface area contributed by atoms with Gasteiger partial charge in [-0.3, -0.25) is 67.5 Å². The number of amides is 11. The normalized spacial score (nSPS) is 14.7. The third-order valence-electron chi connectivity index (χ3n) is 11.5. The van der Waals surface area contributed by atoms with Crippen molar-refractivity contribution in [2.24, 2.45) is 56.0 Å². The van der Waals surface area contributed by atoms with Crippen LogP contribution in [-0.4, -0.2) is 175 Å². The molecule has 0 heterocycles. The van der Waals surface area contributed by atoms with E-state index in [4.69, 9.17) is 45.2 Å². The number of aliphatic carboxylic acids is 1. The minimum Gasteiger partial charge on any atom is -0.481 e. The molecule has 32 nitrogen and oxygen atoms in total. The quantitative estimate of drug-likeness (QED) is 0.0154. The lowest BCUT2D eigenvalue weighted by Crippen LogP contribution is -2.59. The Morgan fingerprint density at radius 1 is 0.456 bits per heavy atom. The standard InChI is InChI=1S/C47H87N19O13/c1-23(2)20-32(45(79)64-30(13-8-9-17-48)42(76)60-25(4)37(71)57-22-35(68)58-24(3)15-16-36(69)70)65-39(73)27(6)59-38(72)26(5)62-44(78)33(21-34(50)67)66-40(74)28(7)61-43(77)31(14-11-19-56-47(53)54)63-41(75)29(49)12-10-18-55-46(51)52/h23-33H,8-22,48-49H2,1-7H3,(H2,50,67)(H,57,71)(H,58,68)(H,59,72)(H,60,76)(H,61,77)(H,62,78)(H,63,75)(H,64,79)(H,65,73)(H,66,74)(H,69,70)(H4,51,52,55)(H4,53,54,56)/t24-,25+,26+,27+,28+,29+,30+,31+,32+,33+/m1/s1. The van der Waals surface area contributed by atoms with Crippen LogP contribution < -0.4 is 93.3 Å². The van der Waals surface area contributed by atoms with Crippen LogP contribution in [0.4, 0.5) is 0 Å². The second-order valence-corrected chi connectivity index (χ2v) is 19.4. The Morgan fingerprint density at radius 3 is 1.33 bits per heavy atom. The van der Waals surface area contributed by atoms with Crippen LogP contribution in [0.2, 0.25) is 0 Å². The van der Waals surface area contributed by atoms with E-state index in [-0.39, 0.29) is 82.4 Å². The summed E-state index contributed by atoms with van der Waals surface area (Å²) in [6.07, 6.45) is 0.987. The van der Waals surface area contributed by atoms with Crippen LogP contribution in [-0.2, 0) is 57.5 Å². The zero-order valence-corrected chi connectivity index (χ0v) is 46.2. The summed E-state index contributed by atoms with van der Waals surface area (Å²) < 4.78 is 0. The minimum absolute atomic E-state index is 0.00102. The number of hydrogen-bond donors (Lipinski definition) is 18. The summed E-state index contributed by atoms with van der Waals surface area (Å²) in [4.78, 5) is 163. The van der Waals surface area contributed by atoms with E-state index in [1.165, 1.54) is 27.7 Å². The van der Waals surface area contributed by atoms with Gasteiger partial charge < -0.3 is 98.4 Å². The third kappa shape index (κ3) is 31.8. The topological polar surface area (TPSA) is 552 Å². The number of nitrogens with zero attached hydrogens (tertiary/aromatic N) is 2. The smallest absolute Gasteiger partial charge is 0.303 e. The number of nitrogens with one attached hydrogen (secondary N) is 10. The lowest BCUT2D eigenvalue weighted by molar-refractivity contribution is -0.137. The highest BCUT2D eigenvalue weighted by molar-refractivity contribution is 5.99. The number of carboxylic acid groups (broad SMARTS) is 1. The fourth-order valence-corrected chi connectivity index (χ4v) is 7.04. The van der Waals surface area contributed by atoms with Crippen molar-refractivity contribution >= 4 is 82.9 Å². The number of hydrogen-bond acceptors (Lipinski definition) is 16. The highest BCUT2D eigenvalue weighted by Crippen LogP contribution is 2.09. The molecule has 0 aromatic carbocycles. The SMILES string of the molecule is CC(C)C[C@H](NC(=O)[C@H](C)NC(=O)[C@H](C)NC(=O)[C@H](CC(N)=O)NC(=O)[C@H](C)NC(=O)[C@H](CCCN=C(N)N)NC(=O)[C@@H](N)CCCN=C(N)N)C(=O)N[C@@H](CCCCN)C(=O)N[C@@H](C)C(=O)NCC(=O)N[C@H](C)CCC(=O)O. The molecule has 79 heavy (non-hydrogen) atoms. The largest absolute Gasteiger partial charge is 0.481 e. The number of nitrogens with two attached hydrogens (primary N) is 7. The Hall–Kier alpha value is -7.90. The molecule has 0 fully saturated rings. The van der Waals surface area contributed by atoms with Crippen molar-refractivity contribution in [1.29, 1.82) is 0 Å². The van der Waals surface area contributed by atoms with Gasteiger partial charge in [-0.25, -0.2) is 0 Å². The van der Waals surface area contributed by atoms with Gasteiger partial charge in [-0.05, 0) is 105 Å². The monoisotopic (exact) mass is 1130 g/mol.